The van der Waals surface area contributed by atoms with Crippen LogP contribution in [0.25, 0.3) is 0 Å². The van der Waals surface area contributed by atoms with Gasteiger partial charge in [-0.15, -0.1) is 6.58 Å². The predicted octanol–water partition coefficient (Wildman–Crippen LogP) is 4.31. The van der Waals surface area contributed by atoms with Crippen molar-refractivity contribution in [1.82, 2.24) is 0 Å². The Kier molecular flexibility index (Phi) is 6.75. The molecule has 4 heteroatoms. The highest BCUT2D eigenvalue weighted by atomic mass is 16.7. The maximum atomic E-state index is 9.96. The summed E-state index contributed by atoms with van der Waals surface area (Å²) in [5.41, 5.74) is 0.310. The van der Waals surface area contributed by atoms with E-state index in [0.717, 1.165) is 19.4 Å². The second-order valence-corrected chi connectivity index (χ2v) is 8.84. The van der Waals surface area contributed by atoms with Gasteiger partial charge in [-0.25, -0.2) is 0 Å². The standard InChI is InChI=1S/C21H38O4/c1-8-16-12-17(22)15(4)25-19(16)24-14(3)10-11-21(7)13-18(21)20(5,6)23-9-2/h8,14-19,22H,1,9-13H2,2-7H3/t14-,15+,16-,17-,18-,19-,21+/m1/s1. The molecule has 1 heterocycles. The highest BCUT2D eigenvalue weighted by Gasteiger charge is 2.57. The summed E-state index contributed by atoms with van der Waals surface area (Å²) in [6, 6.07) is 0. The van der Waals surface area contributed by atoms with Crippen molar-refractivity contribution >= 4 is 0 Å². The topological polar surface area (TPSA) is 47.9 Å². The van der Waals surface area contributed by atoms with E-state index >= 15 is 0 Å². The molecule has 0 radical (unpaired) electrons. The largest absolute Gasteiger partial charge is 0.390 e. The van der Waals surface area contributed by atoms with Crippen LogP contribution in [-0.4, -0.2) is 41.9 Å². The lowest BCUT2D eigenvalue weighted by atomic mass is 9.90. The molecule has 0 bridgehead atoms. The number of rotatable bonds is 9. The minimum absolute atomic E-state index is 0.0421. The first-order chi connectivity index (χ1) is 11.6. The highest BCUT2D eigenvalue weighted by molar-refractivity contribution is 5.06. The summed E-state index contributed by atoms with van der Waals surface area (Å²) in [6.45, 7) is 17.5. The summed E-state index contributed by atoms with van der Waals surface area (Å²) in [6.07, 6.45) is 5.08. The molecule has 1 saturated heterocycles. The summed E-state index contributed by atoms with van der Waals surface area (Å²) in [5.74, 6) is 0.670. The van der Waals surface area contributed by atoms with Gasteiger partial charge in [0.05, 0.1) is 23.9 Å². The van der Waals surface area contributed by atoms with E-state index in [2.05, 4.69) is 41.2 Å². The van der Waals surface area contributed by atoms with Crippen molar-refractivity contribution in [2.45, 2.75) is 97.4 Å². The third-order valence-corrected chi connectivity index (χ3v) is 6.25. The fraction of sp³-hybridized carbons (Fsp3) is 0.905. The SMILES string of the molecule is C=C[C@@H]1C[C@@H](O)[C@H](C)O[C@H]1O[C@H](C)CC[C@@]1(C)C[C@@H]1C(C)(C)OCC. The molecular weight excluding hydrogens is 316 g/mol. The molecule has 1 saturated carbocycles. The molecule has 2 fully saturated rings. The van der Waals surface area contributed by atoms with Crippen molar-refractivity contribution in [1.29, 1.82) is 0 Å². The first-order valence-corrected chi connectivity index (χ1v) is 9.88. The van der Waals surface area contributed by atoms with Crippen molar-refractivity contribution in [3.05, 3.63) is 12.7 Å². The second-order valence-electron chi connectivity index (χ2n) is 8.84. The molecule has 0 unspecified atom stereocenters. The van der Waals surface area contributed by atoms with E-state index in [1.807, 2.05) is 13.0 Å². The van der Waals surface area contributed by atoms with E-state index in [9.17, 15) is 5.11 Å². The van der Waals surface area contributed by atoms with Gasteiger partial charge in [-0.1, -0.05) is 13.0 Å². The van der Waals surface area contributed by atoms with Crippen molar-refractivity contribution in [3.63, 3.8) is 0 Å². The molecule has 25 heavy (non-hydrogen) atoms. The Labute approximate surface area is 153 Å². The number of hydrogen-bond donors (Lipinski definition) is 1. The van der Waals surface area contributed by atoms with Gasteiger partial charge in [0.25, 0.3) is 0 Å². The van der Waals surface area contributed by atoms with Crippen molar-refractivity contribution in [2.24, 2.45) is 17.3 Å². The Bertz CT molecular complexity index is 449. The molecule has 2 rings (SSSR count). The lowest BCUT2D eigenvalue weighted by Crippen LogP contribution is -2.44. The molecule has 1 aliphatic carbocycles. The fourth-order valence-corrected chi connectivity index (χ4v) is 4.40. The third kappa shape index (κ3) is 5.06. The average molecular weight is 355 g/mol. The van der Waals surface area contributed by atoms with Crippen LogP contribution in [0.5, 0.6) is 0 Å². The van der Waals surface area contributed by atoms with E-state index in [-0.39, 0.29) is 30.0 Å². The van der Waals surface area contributed by atoms with Crippen LogP contribution in [0.2, 0.25) is 0 Å². The Morgan fingerprint density at radius 2 is 2.12 bits per heavy atom. The molecule has 7 atom stereocenters. The minimum Gasteiger partial charge on any atom is -0.390 e. The Hall–Kier alpha value is -0.420. The zero-order valence-electron chi connectivity index (χ0n) is 17.0. The first-order valence-electron chi connectivity index (χ1n) is 9.88. The van der Waals surface area contributed by atoms with Gasteiger partial charge in [0.15, 0.2) is 6.29 Å². The summed E-state index contributed by atoms with van der Waals surface area (Å²) in [4.78, 5) is 0. The summed E-state index contributed by atoms with van der Waals surface area (Å²) in [5, 5.41) is 9.96. The van der Waals surface area contributed by atoms with Crippen LogP contribution in [0, 0.1) is 17.3 Å². The molecule has 1 aliphatic heterocycles. The molecule has 0 aromatic heterocycles. The molecule has 0 aromatic carbocycles. The van der Waals surface area contributed by atoms with Crippen molar-refractivity contribution < 1.29 is 19.3 Å². The van der Waals surface area contributed by atoms with Gasteiger partial charge in [0.1, 0.15) is 0 Å². The molecular formula is C21H38O4. The Balaban J connectivity index is 1.81. The molecule has 0 aromatic rings. The van der Waals surface area contributed by atoms with Gasteiger partial charge in [-0.3, -0.25) is 0 Å². The molecule has 4 nitrogen and oxygen atoms in total. The van der Waals surface area contributed by atoms with Crippen LogP contribution in [0.15, 0.2) is 12.7 Å². The van der Waals surface area contributed by atoms with Crippen molar-refractivity contribution in [2.75, 3.05) is 6.61 Å². The van der Waals surface area contributed by atoms with E-state index in [0.29, 0.717) is 17.8 Å². The van der Waals surface area contributed by atoms with Gasteiger partial charge in [-0.2, -0.15) is 0 Å². The zero-order valence-corrected chi connectivity index (χ0v) is 17.0. The molecule has 2 aliphatic rings. The monoisotopic (exact) mass is 354 g/mol. The lowest BCUT2D eigenvalue weighted by Gasteiger charge is -2.38. The van der Waals surface area contributed by atoms with Gasteiger partial charge >= 0.3 is 0 Å². The van der Waals surface area contributed by atoms with Gasteiger partial charge in [0, 0.05) is 12.5 Å². The number of ether oxygens (including phenoxy) is 3. The Morgan fingerprint density at radius 3 is 2.72 bits per heavy atom. The van der Waals surface area contributed by atoms with Crippen LogP contribution >= 0.6 is 0 Å². The smallest absolute Gasteiger partial charge is 0.164 e. The van der Waals surface area contributed by atoms with Crippen LogP contribution in [-0.2, 0) is 14.2 Å². The van der Waals surface area contributed by atoms with Gasteiger partial charge in [-0.05, 0) is 71.6 Å². The van der Waals surface area contributed by atoms with Crippen LogP contribution < -0.4 is 0 Å². The van der Waals surface area contributed by atoms with Crippen molar-refractivity contribution in [3.8, 4) is 0 Å². The number of aliphatic hydroxyl groups is 1. The normalized spacial score (nSPS) is 39.9. The molecule has 146 valence electrons. The lowest BCUT2D eigenvalue weighted by molar-refractivity contribution is -0.250. The maximum Gasteiger partial charge on any atom is 0.164 e. The second kappa shape index (κ2) is 8.08. The Morgan fingerprint density at radius 1 is 1.44 bits per heavy atom. The third-order valence-electron chi connectivity index (χ3n) is 6.25. The van der Waals surface area contributed by atoms with E-state index in [1.54, 1.807) is 0 Å². The van der Waals surface area contributed by atoms with Crippen LogP contribution in [0.1, 0.15) is 67.2 Å². The fourth-order valence-electron chi connectivity index (χ4n) is 4.40. The number of hydrogen-bond acceptors (Lipinski definition) is 4. The summed E-state index contributed by atoms with van der Waals surface area (Å²) in [7, 11) is 0. The minimum atomic E-state index is -0.440. The quantitative estimate of drug-likeness (QED) is 0.627. The molecule has 0 amide bonds. The zero-order chi connectivity index (χ0) is 18.8. The van der Waals surface area contributed by atoms with E-state index < -0.39 is 6.10 Å². The maximum absolute atomic E-state index is 9.96. The first kappa shape index (κ1) is 20.9. The van der Waals surface area contributed by atoms with E-state index in [4.69, 9.17) is 14.2 Å². The molecule has 0 spiro atoms. The van der Waals surface area contributed by atoms with Gasteiger partial charge in [0.2, 0.25) is 0 Å². The molecule has 1 N–H and O–H groups in total. The highest BCUT2D eigenvalue weighted by Crippen LogP contribution is 2.61. The predicted molar refractivity (Wildman–Crippen MR) is 100 cm³/mol. The number of aliphatic hydroxyl groups excluding tert-OH is 1. The van der Waals surface area contributed by atoms with Crippen LogP contribution in [0.3, 0.4) is 0 Å². The van der Waals surface area contributed by atoms with Gasteiger partial charge < -0.3 is 19.3 Å². The van der Waals surface area contributed by atoms with Crippen LogP contribution in [0.4, 0.5) is 0 Å². The summed E-state index contributed by atoms with van der Waals surface area (Å²) >= 11 is 0. The summed E-state index contributed by atoms with van der Waals surface area (Å²) < 4.78 is 18.0. The van der Waals surface area contributed by atoms with E-state index in [1.165, 1.54) is 6.42 Å². The average Bonchev–Trinajstić information content (AvgIpc) is 3.22.